The molecule has 2 amide bonds. The predicted molar refractivity (Wildman–Crippen MR) is 131 cm³/mol. The summed E-state index contributed by atoms with van der Waals surface area (Å²) in [7, 11) is 3.09. The SMILES string of the molecule is COc1cc2nccc(Oc3ccc(N4CCN(c5cncc(C(F)(F)F)c5)C4=O)cc3)c2cc1OC. The second kappa shape index (κ2) is 9.49. The highest BCUT2D eigenvalue weighted by Gasteiger charge is 2.35. The van der Waals surface area contributed by atoms with Crippen molar-refractivity contribution in [1.82, 2.24) is 9.97 Å². The zero-order chi connectivity index (χ0) is 26.2. The van der Waals surface area contributed by atoms with Crippen LogP contribution in [0.1, 0.15) is 5.56 Å². The molecule has 0 radical (unpaired) electrons. The summed E-state index contributed by atoms with van der Waals surface area (Å²) in [4.78, 5) is 23.8. The number of anilines is 2. The number of fused-ring (bicyclic) bond motifs is 1. The number of benzene rings is 2. The Morgan fingerprint density at radius 2 is 1.51 bits per heavy atom. The molecule has 3 heterocycles. The highest BCUT2D eigenvalue weighted by molar-refractivity contribution is 6.06. The molecule has 1 aliphatic rings. The Labute approximate surface area is 209 Å². The number of nitrogens with zero attached hydrogens (tertiary/aromatic N) is 4. The summed E-state index contributed by atoms with van der Waals surface area (Å²) < 4.78 is 56.0. The maximum Gasteiger partial charge on any atom is 0.417 e. The van der Waals surface area contributed by atoms with Crippen molar-refractivity contribution in [3.8, 4) is 23.0 Å². The van der Waals surface area contributed by atoms with Crippen molar-refractivity contribution in [2.75, 3.05) is 37.1 Å². The Bertz CT molecular complexity index is 1460. The number of aromatic nitrogens is 2. The van der Waals surface area contributed by atoms with Crippen LogP contribution in [-0.2, 0) is 6.18 Å². The first-order chi connectivity index (χ1) is 17.8. The van der Waals surface area contributed by atoms with Gasteiger partial charge in [0, 0.05) is 42.6 Å². The fourth-order valence-corrected chi connectivity index (χ4v) is 4.10. The molecule has 2 aromatic heterocycles. The first-order valence-electron chi connectivity index (χ1n) is 11.2. The van der Waals surface area contributed by atoms with Crippen LogP contribution in [0.2, 0.25) is 0 Å². The van der Waals surface area contributed by atoms with E-state index in [1.165, 1.54) is 16.0 Å². The number of hydrogen-bond donors (Lipinski definition) is 0. The molecular formula is C26H21F3N4O4. The van der Waals surface area contributed by atoms with Crippen LogP contribution in [0, 0.1) is 0 Å². The van der Waals surface area contributed by atoms with Crippen molar-refractivity contribution in [2.45, 2.75) is 6.18 Å². The van der Waals surface area contributed by atoms with Gasteiger partial charge in [0.25, 0.3) is 0 Å². The van der Waals surface area contributed by atoms with E-state index in [-0.39, 0.29) is 12.2 Å². The summed E-state index contributed by atoms with van der Waals surface area (Å²) >= 11 is 0. The number of hydrogen-bond acceptors (Lipinski definition) is 6. The van der Waals surface area contributed by atoms with Crippen LogP contribution in [0.5, 0.6) is 23.0 Å². The Kier molecular flexibility index (Phi) is 6.20. The third kappa shape index (κ3) is 4.67. The van der Waals surface area contributed by atoms with E-state index in [9.17, 15) is 18.0 Å². The topological polar surface area (TPSA) is 77.0 Å². The van der Waals surface area contributed by atoms with Gasteiger partial charge in [-0.05, 0) is 42.5 Å². The van der Waals surface area contributed by atoms with E-state index in [0.717, 1.165) is 17.6 Å². The monoisotopic (exact) mass is 510 g/mol. The summed E-state index contributed by atoms with van der Waals surface area (Å²) in [5, 5.41) is 0.726. The summed E-state index contributed by atoms with van der Waals surface area (Å²) in [5.41, 5.74) is 0.445. The maximum absolute atomic E-state index is 13.1. The normalized spacial score (nSPS) is 13.8. The smallest absolute Gasteiger partial charge is 0.417 e. The molecule has 0 bridgehead atoms. The lowest BCUT2D eigenvalue weighted by Gasteiger charge is -2.19. The minimum Gasteiger partial charge on any atom is -0.493 e. The van der Waals surface area contributed by atoms with Crippen LogP contribution in [0.25, 0.3) is 10.9 Å². The number of rotatable bonds is 6. The van der Waals surface area contributed by atoms with Crippen LogP contribution in [-0.4, -0.2) is 43.3 Å². The minimum atomic E-state index is -4.54. The lowest BCUT2D eigenvalue weighted by atomic mass is 10.2. The Morgan fingerprint density at radius 1 is 0.838 bits per heavy atom. The molecule has 0 spiro atoms. The predicted octanol–water partition coefficient (Wildman–Crippen LogP) is 5.90. The standard InChI is InChI=1S/C26H21F3N4O4/c1-35-23-12-20-21(13-24(23)36-2)31-8-7-22(20)37-19-5-3-17(4-6-19)32-9-10-33(25(32)34)18-11-16(14-30-15-18)26(27,28)29/h3-8,11-15H,9-10H2,1-2H3. The molecule has 0 atom stereocenters. The van der Waals surface area contributed by atoms with Gasteiger partial charge in [-0.3, -0.25) is 19.8 Å². The Morgan fingerprint density at radius 3 is 2.19 bits per heavy atom. The van der Waals surface area contributed by atoms with Gasteiger partial charge in [-0.25, -0.2) is 4.79 Å². The summed E-state index contributed by atoms with van der Waals surface area (Å²) in [6.07, 6.45) is -0.937. The molecule has 8 nitrogen and oxygen atoms in total. The van der Waals surface area contributed by atoms with Crippen LogP contribution in [0.3, 0.4) is 0 Å². The number of carbonyl (C=O) groups excluding carboxylic acids is 1. The van der Waals surface area contributed by atoms with Crippen molar-refractivity contribution < 1.29 is 32.2 Å². The van der Waals surface area contributed by atoms with Crippen LogP contribution >= 0.6 is 0 Å². The van der Waals surface area contributed by atoms with E-state index >= 15 is 0 Å². The number of urea groups is 1. The van der Waals surface area contributed by atoms with Crippen molar-refractivity contribution in [2.24, 2.45) is 0 Å². The molecule has 1 fully saturated rings. The molecule has 4 aromatic rings. The summed E-state index contributed by atoms with van der Waals surface area (Å²) in [6.45, 7) is 0.542. The number of pyridine rings is 2. The van der Waals surface area contributed by atoms with Gasteiger partial charge in [0.1, 0.15) is 11.5 Å². The fraction of sp³-hybridized carbons (Fsp3) is 0.192. The average Bonchev–Trinajstić information content (AvgIpc) is 3.29. The zero-order valence-electron chi connectivity index (χ0n) is 19.8. The molecule has 1 aliphatic heterocycles. The van der Waals surface area contributed by atoms with Crippen molar-refractivity contribution in [1.29, 1.82) is 0 Å². The highest BCUT2D eigenvalue weighted by Crippen LogP contribution is 2.37. The van der Waals surface area contributed by atoms with E-state index in [1.807, 2.05) is 0 Å². The van der Waals surface area contributed by atoms with Crippen molar-refractivity contribution >= 4 is 28.3 Å². The minimum absolute atomic E-state index is 0.0962. The molecule has 11 heteroatoms. The maximum atomic E-state index is 13.1. The Balaban J connectivity index is 1.35. The van der Waals surface area contributed by atoms with E-state index in [1.54, 1.807) is 62.9 Å². The molecule has 0 N–H and O–H groups in total. The van der Waals surface area contributed by atoms with Crippen molar-refractivity contribution in [3.63, 3.8) is 0 Å². The van der Waals surface area contributed by atoms with Crippen molar-refractivity contribution in [3.05, 3.63) is 72.7 Å². The first-order valence-corrected chi connectivity index (χ1v) is 11.2. The van der Waals surface area contributed by atoms with E-state index in [4.69, 9.17) is 14.2 Å². The largest absolute Gasteiger partial charge is 0.493 e. The van der Waals surface area contributed by atoms with Crippen LogP contribution < -0.4 is 24.0 Å². The lowest BCUT2D eigenvalue weighted by molar-refractivity contribution is -0.137. The number of ether oxygens (including phenoxy) is 3. The molecule has 2 aromatic carbocycles. The van der Waals surface area contributed by atoms with Gasteiger partial charge in [-0.2, -0.15) is 13.2 Å². The van der Waals surface area contributed by atoms with Gasteiger partial charge in [0.15, 0.2) is 11.5 Å². The van der Waals surface area contributed by atoms with Gasteiger partial charge >= 0.3 is 12.2 Å². The third-order valence-corrected chi connectivity index (χ3v) is 5.95. The third-order valence-electron chi connectivity index (χ3n) is 5.95. The highest BCUT2D eigenvalue weighted by atomic mass is 19.4. The number of halogens is 3. The van der Waals surface area contributed by atoms with E-state index < -0.39 is 17.8 Å². The Hall–Kier alpha value is -4.54. The molecule has 5 rings (SSSR count). The summed E-state index contributed by atoms with van der Waals surface area (Å²) in [6, 6.07) is 12.6. The lowest BCUT2D eigenvalue weighted by Crippen LogP contribution is -2.31. The quantitative estimate of drug-likeness (QED) is 0.321. The molecular weight excluding hydrogens is 489 g/mol. The van der Waals surface area contributed by atoms with E-state index in [0.29, 0.717) is 40.7 Å². The number of methoxy groups -OCH3 is 2. The molecule has 0 aliphatic carbocycles. The molecule has 0 saturated carbocycles. The average molecular weight is 510 g/mol. The van der Waals surface area contributed by atoms with E-state index in [2.05, 4.69) is 9.97 Å². The second-order valence-electron chi connectivity index (χ2n) is 8.14. The van der Waals surface area contributed by atoms with Crippen LogP contribution in [0.15, 0.2) is 67.1 Å². The zero-order valence-corrected chi connectivity index (χ0v) is 19.8. The van der Waals surface area contributed by atoms with Gasteiger partial charge < -0.3 is 14.2 Å². The molecule has 0 unspecified atom stereocenters. The van der Waals surface area contributed by atoms with Gasteiger partial charge in [0.05, 0.1) is 37.2 Å². The van der Waals surface area contributed by atoms with Gasteiger partial charge in [-0.15, -0.1) is 0 Å². The number of alkyl halides is 3. The number of amides is 2. The fourth-order valence-electron chi connectivity index (χ4n) is 4.10. The van der Waals surface area contributed by atoms with Gasteiger partial charge in [0.2, 0.25) is 0 Å². The first kappa shape index (κ1) is 24.2. The molecule has 1 saturated heterocycles. The molecule has 190 valence electrons. The second-order valence-corrected chi connectivity index (χ2v) is 8.14. The summed E-state index contributed by atoms with van der Waals surface area (Å²) in [5.74, 6) is 2.17. The number of carbonyl (C=O) groups is 1. The van der Waals surface area contributed by atoms with Gasteiger partial charge in [-0.1, -0.05) is 0 Å². The molecule has 37 heavy (non-hydrogen) atoms. The van der Waals surface area contributed by atoms with Crippen LogP contribution in [0.4, 0.5) is 29.3 Å².